The monoisotopic (exact) mass is 512 g/mol. The van der Waals surface area contributed by atoms with Crippen LogP contribution in [0.15, 0.2) is 77.8 Å². The Morgan fingerprint density at radius 3 is 2.45 bits per heavy atom. The van der Waals surface area contributed by atoms with E-state index in [1.165, 1.54) is 6.92 Å². The molecule has 0 aliphatic heterocycles. The highest BCUT2D eigenvalue weighted by Gasteiger charge is 2.20. The predicted molar refractivity (Wildman–Crippen MR) is 149 cm³/mol. The highest BCUT2D eigenvalue weighted by molar-refractivity contribution is 6.22. The smallest absolute Gasteiger partial charge is 0.338 e. The van der Waals surface area contributed by atoms with Gasteiger partial charge in [0.25, 0.3) is 0 Å². The third-order valence-electron chi connectivity index (χ3n) is 5.98. The van der Waals surface area contributed by atoms with Crippen LogP contribution in [0.5, 0.6) is 5.88 Å². The molecular formula is C30H32N4O4. The van der Waals surface area contributed by atoms with Crippen molar-refractivity contribution in [1.29, 1.82) is 0 Å². The number of esters is 1. The molecule has 4 N–H and O–H groups in total. The van der Waals surface area contributed by atoms with E-state index in [-0.39, 0.29) is 18.4 Å². The van der Waals surface area contributed by atoms with Crippen molar-refractivity contribution in [2.45, 2.75) is 26.8 Å². The van der Waals surface area contributed by atoms with Gasteiger partial charge in [0.2, 0.25) is 5.91 Å². The van der Waals surface area contributed by atoms with Gasteiger partial charge in [0.05, 0.1) is 29.1 Å². The number of hydrogen-bond acceptors (Lipinski definition) is 6. The molecule has 1 aromatic heterocycles. The summed E-state index contributed by atoms with van der Waals surface area (Å²) in [6.07, 6.45) is 0.859. The average Bonchev–Trinajstić information content (AvgIpc) is 3.25. The standard InChI is InChI=1S/C30H32N4O4/c1-3-38-30(37)23-12-15-25-26(18-23)34-29(36)27(25)28(22-8-5-4-6-9-22)33-24-13-10-21(11-14-24)19-31-16-7-17-32-20(2)35/h4-6,8-15,18,31,34,36H,3,7,16-17,19H2,1-2H3,(H,32,35). The molecule has 38 heavy (non-hydrogen) atoms. The first-order chi connectivity index (χ1) is 18.5. The third-order valence-corrected chi connectivity index (χ3v) is 5.98. The first-order valence-corrected chi connectivity index (χ1v) is 12.7. The molecule has 0 bridgehead atoms. The maximum atomic E-state index is 12.2. The molecule has 8 nitrogen and oxygen atoms in total. The van der Waals surface area contributed by atoms with E-state index in [1.54, 1.807) is 25.1 Å². The number of aromatic amines is 1. The SMILES string of the molecule is CCOC(=O)c1ccc2c(C(=Nc3ccc(CNCCCNC(C)=O)cc3)c3ccccc3)c(O)[nH]c2c1. The van der Waals surface area contributed by atoms with Gasteiger partial charge in [-0.15, -0.1) is 0 Å². The number of aromatic nitrogens is 1. The van der Waals surface area contributed by atoms with Gasteiger partial charge in [-0.2, -0.15) is 0 Å². The Hall–Kier alpha value is -4.43. The van der Waals surface area contributed by atoms with Gasteiger partial charge in [0.15, 0.2) is 5.88 Å². The van der Waals surface area contributed by atoms with Gasteiger partial charge in [-0.3, -0.25) is 4.79 Å². The van der Waals surface area contributed by atoms with Crippen molar-refractivity contribution in [2.75, 3.05) is 19.7 Å². The fraction of sp³-hybridized carbons (Fsp3) is 0.233. The summed E-state index contributed by atoms with van der Waals surface area (Å²) >= 11 is 0. The Balaban J connectivity index is 1.60. The van der Waals surface area contributed by atoms with Crippen molar-refractivity contribution < 1.29 is 19.4 Å². The van der Waals surface area contributed by atoms with E-state index in [9.17, 15) is 14.7 Å². The number of fused-ring (bicyclic) bond motifs is 1. The fourth-order valence-corrected chi connectivity index (χ4v) is 4.15. The normalized spacial score (nSPS) is 11.5. The lowest BCUT2D eigenvalue weighted by Crippen LogP contribution is -2.24. The molecule has 0 atom stereocenters. The predicted octanol–water partition coefficient (Wildman–Crippen LogP) is 4.84. The van der Waals surface area contributed by atoms with Gasteiger partial charge in [0, 0.05) is 36.5 Å². The molecule has 0 spiro atoms. The number of carbonyl (C=O) groups is 2. The molecule has 0 aliphatic carbocycles. The quantitative estimate of drug-likeness (QED) is 0.130. The fourth-order valence-electron chi connectivity index (χ4n) is 4.15. The molecule has 0 saturated heterocycles. The molecule has 4 rings (SSSR count). The number of H-pyrrole nitrogens is 1. The van der Waals surface area contributed by atoms with Gasteiger partial charge in [0.1, 0.15) is 0 Å². The number of ether oxygens (including phenoxy) is 1. The molecule has 3 aromatic carbocycles. The first kappa shape index (κ1) is 26.6. The summed E-state index contributed by atoms with van der Waals surface area (Å²) in [6.45, 7) is 5.73. The number of amides is 1. The zero-order chi connectivity index (χ0) is 26.9. The minimum absolute atomic E-state index is 0.0154. The van der Waals surface area contributed by atoms with Crippen LogP contribution in [-0.4, -0.2) is 47.4 Å². The number of aromatic hydroxyl groups is 1. The zero-order valence-electron chi connectivity index (χ0n) is 21.6. The van der Waals surface area contributed by atoms with E-state index in [2.05, 4.69) is 15.6 Å². The van der Waals surface area contributed by atoms with E-state index in [4.69, 9.17) is 9.73 Å². The van der Waals surface area contributed by atoms with Crippen LogP contribution in [-0.2, 0) is 16.1 Å². The van der Waals surface area contributed by atoms with Crippen LogP contribution in [0, 0.1) is 0 Å². The van der Waals surface area contributed by atoms with Crippen LogP contribution in [0.25, 0.3) is 10.9 Å². The number of hydrogen-bond donors (Lipinski definition) is 4. The summed E-state index contributed by atoms with van der Waals surface area (Å²) in [7, 11) is 0. The lowest BCUT2D eigenvalue weighted by atomic mass is 10.00. The van der Waals surface area contributed by atoms with Crippen molar-refractivity contribution >= 4 is 34.2 Å². The van der Waals surface area contributed by atoms with Crippen molar-refractivity contribution in [3.05, 3.63) is 95.1 Å². The lowest BCUT2D eigenvalue weighted by molar-refractivity contribution is -0.118. The van der Waals surface area contributed by atoms with E-state index < -0.39 is 5.97 Å². The van der Waals surface area contributed by atoms with E-state index in [1.807, 2.05) is 54.6 Å². The Labute approximate surface area is 221 Å². The number of rotatable bonds is 11. The number of nitrogens with zero attached hydrogens (tertiary/aromatic N) is 1. The maximum Gasteiger partial charge on any atom is 0.338 e. The second kappa shape index (κ2) is 12.7. The Morgan fingerprint density at radius 2 is 1.74 bits per heavy atom. The van der Waals surface area contributed by atoms with Gasteiger partial charge in [-0.1, -0.05) is 48.5 Å². The van der Waals surface area contributed by atoms with Gasteiger partial charge < -0.3 is 25.5 Å². The largest absolute Gasteiger partial charge is 0.494 e. The molecule has 0 saturated carbocycles. The number of aliphatic imine (C=N–C) groups is 1. The molecule has 4 aromatic rings. The topological polar surface area (TPSA) is 116 Å². The molecule has 0 radical (unpaired) electrons. The van der Waals surface area contributed by atoms with Crippen LogP contribution in [0.2, 0.25) is 0 Å². The number of carbonyl (C=O) groups excluding carboxylic acids is 2. The van der Waals surface area contributed by atoms with Gasteiger partial charge >= 0.3 is 5.97 Å². The molecule has 0 unspecified atom stereocenters. The van der Waals surface area contributed by atoms with E-state index >= 15 is 0 Å². The molecule has 196 valence electrons. The second-order valence-corrected chi connectivity index (χ2v) is 8.84. The van der Waals surface area contributed by atoms with Gasteiger partial charge in [-0.05, 0) is 49.7 Å². The summed E-state index contributed by atoms with van der Waals surface area (Å²) in [4.78, 5) is 31.1. The summed E-state index contributed by atoms with van der Waals surface area (Å²) < 4.78 is 5.11. The second-order valence-electron chi connectivity index (χ2n) is 8.84. The lowest BCUT2D eigenvalue weighted by Gasteiger charge is -2.09. The molecular weight excluding hydrogens is 480 g/mol. The Kier molecular flexibility index (Phi) is 8.89. The van der Waals surface area contributed by atoms with Crippen LogP contribution in [0.3, 0.4) is 0 Å². The van der Waals surface area contributed by atoms with Crippen molar-refractivity contribution in [2.24, 2.45) is 4.99 Å². The maximum absolute atomic E-state index is 12.2. The van der Waals surface area contributed by atoms with Crippen molar-refractivity contribution in [3.8, 4) is 5.88 Å². The minimum Gasteiger partial charge on any atom is -0.494 e. The molecule has 8 heteroatoms. The summed E-state index contributed by atoms with van der Waals surface area (Å²) in [5.41, 5.74) is 4.91. The molecule has 1 amide bonds. The van der Waals surface area contributed by atoms with Crippen molar-refractivity contribution in [1.82, 2.24) is 15.6 Å². The average molecular weight is 513 g/mol. The van der Waals surface area contributed by atoms with E-state index in [0.29, 0.717) is 35.4 Å². The van der Waals surface area contributed by atoms with Crippen LogP contribution < -0.4 is 10.6 Å². The Bertz CT molecular complexity index is 1430. The highest BCUT2D eigenvalue weighted by Crippen LogP contribution is 2.32. The molecule has 0 aliphatic rings. The Morgan fingerprint density at radius 1 is 0.974 bits per heavy atom. The number of benzene rings is 3. The number of nitrogens with one attached hydrogen (secondary N) is 3. The van der Waals surface area contributed by atoms with Crippen LogP contribution in [0.1, 0.15) is 47.3 Å². The molecule has 1 heterocycles. The highest BCUT2D eigenvalue weighted by atomic mass is 16.5. The summed E-state index contributed by atoms with van der Waals surface area (Å²) in [5, 5.41) is 17.8. The zero-order valence-corrected chi connectivity index (χ0v) is 21.6. The summed E-state index contributed by atoms with van der Waals surface area (Å²) in [5.74, 6) is -0.452. The molecule has 0 fully saturated rings. The van der Waals surface area contributed by atoms with Crippen molar-refractivity contribution in [3.63, 3.8) is 0 Å². The van der Waals surface area contributed by atoms with Crippen LogP contribution >= 0.6 is 0 Å². The third kappa shape index (κ3) is 6.66. The van der Waals surface area contributed by atoms with Gasteiger partial charge in [-0.25, -0.2) is 9.79 Å². The van der Waals surface area contributed by atoms with Crippen LogP contribution in [0.4, 0.5) is 5.69 Å². The first-order valence-electron chi connectivity index (χ1n) is 12.7. The summed E-state index contributed by atoms with van der Waals surface area (Å²) in [6, 6.07) is 22.8. The minimum atomic E-state index is -0.413. The van der Waals surface area contributed by atoms with E-state index in [0.717, 1.165) is 35.2 Å².